The highest BCUT2D eigenvalue weighted by Gasteiger charge is 2.45. The van der Waals surface area contributed by atoms with E-state index in [1.54, 1.807) is 6.92 Å². The van der Waals surface area contributed by atoms with Crippen LogP contribution in [0.4, 0.5) is 4.79 Å². The predicted molar refractivity (Wildman–Crippen MR) is 110 cm³/mol. The monoisotopic (exact) mass is 463 g/mol. The molecule has 2 rings (SSSR count). The molecule has 0 aromatic carbocycles. The van der Waals surface area contributed by atoms with Gasteiger partial charge < -0.3 is 16.0 Å². The van der Waals surface area contributed by atoms with Crippen LogP contribution in [-0.2, 0) is 4.79 Å². The SMILES string of the molecule is CCNC(=NCCCN1C(=O)NC(C)(CC)C1=O)NC1CC=CC1.I. The molecular weight excluding hydrogens is 433 g/mol. The first kappa shape index (κ1) is 21.7. The first-order valence-electron chi connectivity index (χ1n) is 8.84. The number of amides is 3. The molecule has 0 saturated carbocycles. The van der Waals surface area contributed by atoms with E-state index in [0.29, 0.717) is 32.0 Å². The van der Waals surface area contributed by atoms with Gasteiger partial charge in [-0.2, -0.15) is 0 Å². The molecule has 0 aromatic rings. The molecule has 1 saturated heterocycles. The van der Waals surface area contributed by atoms with Crippen molar-refractivity contribution in [3.63, 3.8) is 0 Å². The third-order valence-corrected chi connectivity index (χ3v) is 4.55. The van der Waals surface area contributed by atoms with Crippen molar-refractivity contribution in [1.29, 1.82) is 0 Å². The first-order chi connectivity index (χ1) is 11.5. The van der Waals surface area contributed by atoms with E-state index in [9.17, 15) is 9.59 Å². The second-order valence-corrected chi connectivity index (χ2v) is 6.47. The highest BCUT2D eigenvalue weighted by molar-refractivity contribution is 14.0. The van der Waals surface area contributed by atoms with E-state index in [1.165, 1.54) is 4.90 Å². The zero-order valence-corrected chi connectivity index (χ0v) is 17.6. The second kappa shape index (κ2) is 9.98. The summed E-state index contributed by atoms with van der Waals surface area (Å²) in [5.74, 6) is 0.655. The maximum Gasteiger partial charge on any atom is 0.325 e. The van der Waals surface area contributed by atoms with Gasteiger partial charge >= 0.3 is 6.03 Å². The van der Waals surface area contributed by atoms with Gasteiger partial charge in [0, 0.05) is 25.7 Å². The summed E-state index contributed by atoms with van der Waals surface area (Å²) in [7, 11) is 0. The molecule has 1 unspecified atom stereocenters. The fourth-order valence-corrected chi connectivity index (χ4v) is 2.86. The molecule has 1 heterocycles. The van der Waals surface area contributed by atoms with Gasteiger partial charge in [0.15, 0.2) is 5.96 Å². The molecule has 25 heavy (non-hydrogen) atoms. The Kier molecular flexibility index (Phi) is 8.67. The van der Waals surface area contributed by atoms with E-state index in [-0.39, 0.29) is 35.9 Å². The zero-order chi connectivity index (χ0) is 17.6. The Balaban J connectivity index is 0.00000312. The summed E-state index contributed by atoms with van der Waals surface area (Å²) in [6.45, 7) is 7.47. The average Bonchev–Trinajstić information content (AvgIpc) is 3.13. The van der Waals surface area contributed by atoms with Crippen molar-refractivity contribution in [2.45, 2.75) is 58.0 Å². The molecule has 8 heteroatoms. The summed E-state index contributed by atoms with van der Waals surface area (Å²) in [6.07, 6.45) is 7.62. The summed E-state index contributed by atoms with van der Waals surface area (Å²) in [4.78, 5) is 30.1. The smallest absolute Gasteiger partial charge is 0.325 e. The highest BCUT2D eigenvalue weighted by Crippen LogP contribution is 2.20. The maximum absolute atomic E-state index is 12.3. The number of hydrogen-bond donors (Lipinski definition) is 3. The number of guanidine groups is 1. The lowest BCUT2D eigenvalue weighted by Gasteiger charge is -2.19. The number of aliphatic imine (C=N–C) groups is 1. The molecule has 0 aromatic heterocycles. The Morgan fingerprint density at radius 3 is 2.60 bits per heavy atom. The standard InChI is InChI=1S/C17H29N5O2.HI/c1-4-17(3)14(23)22(16(24)21-17)12-8-11-19-15(18-5-2)20-13-9-6-7-10-13;/h6-7,13H,4-5,8-12H2,1-3H3,(H,21,24)(H2,18,19,20);1H. The van der Waals surface area contributed by atoms with Gasteiger partial charge in [0.2, 0.25) is 0 Å². The number of imide groups is 1. The van der Waals surface area contributed by atoms with E-state index in [2.05, 4.69) is 33.1 Å². The van der Waals surface area contributed by atoms with Gasteiger partial charge in [-0.05, 0) is 39.5 Å². The molecule has 1 atom stereocenters. The molecule has 0 spiro atoms. The van der Waals surface area contributed by atoms with Crippen molar-refractivity contribution in [2.24, 2.45) is 4.99 Å². The van der Waals surface area contributed by atoms with Crippen LogP contribution < -0.4 is 16.0 Å². The van der Waals surface area contributed by atoms with Crippen molar-refractivity contribution in [2.75, 3.05) is 19.6 Å². The first-order valence-corrected chi connectivity index (χ1v) is 8.84. The van der Waals surface area contributed by atoms with Gasteiger partial charge in [0.1, 0.15) is 5.54 Å². The minimum absolute atomic E-state index is 0. The number of hydrogen-bond acceptors (Lipinski definition) is 3. The van der Waals surface area contributed by atoms with Gasteiger partial charge in [-0.1, -0.05) is 19.1 Å². The highest BCUT2D eigenvalue weighted by atomic mass is 127. The zero-order valence-electron chi connectivity index (χ0n) is 15.3. The Morgan fingerprint density at radius 2 is 2.04 bits per heavy atom. The minimum Gasteiger partial charge on any atom is -0.357 e. The summed E-state index contributed by atoms with van der Waals surface area (Å²) in [5.41, 5.74) is -0.758. The maximum atomic E-state index is 12.3. The quantitative estimate of drug-likeness (QED) is 0.135. The normalized spacial score (nSPS) is 23.6. The predicted octanol–water partition coefficient (Wildman–Crippen LogP) is 1.99. The van der Waals surface area contributed by atoms with Crippen molar-refractivity contribution < 1.29 is 9.59 Å². The Labute approximate surface area is 167 Å². The van der Waals surface area contributed by atoms with Crippen molar-refractivity contribution in [3.8, 4) is 0 Å². The number of halogens is 1. The Morgan fingerprint density at radius 1 is 1.36 bits per heavy atom. The van der Waals surface area contributed by atoms with Crippen LogP contribution in [0.5, 0.6) is 0 Å². The van der Waals surface area contributed by atoms with Crippen LogP contribution >= 0.6 is 24.0 Å². The van der Waals surface area contributed by atoms with Gasteiger partial charge in [0.25, 0.3) is 5.91 Å². The van der Waals surface area contributed by atoms with E-state index in [1.807, 2.05) is 13.8 Å². The molecule has 3 N–H and O–H groups in total. The van der Waals surface area contributed by atoms with E-state index in [0.717, 1.165) is 25.3 Å². The number of rotatable bonds is 7. The van der Waals surface area contributed by atoms with Gasteiger partial charge in [-0.15, -0.1) is 24.0 Å². The molecule has 0 radical (unpaired) electrons. The summed E-state index contributed by atoms with van der Waals surface area (Å²) in [5, 5.41) is 9.40. The molecule has 1 fully saturated rings. The Bertz CT molecular complexity index is 529. The van der Waals surface area contributed by atoms with Crippen LogP contribution in [0.25, 0.3) is 0 Å². The summed E-state index contributed by atoms with van der Waals surface area (Å²) >= 11 is 0. The lowest BCUT2D eigenvalue weighted by atomic mass is 9.99. The van der Waals surface area contributed by atoms with E-state index in [4.69, 9.17) is 0 Å². The third-order valence-electron chi connectivity index (χ3n) is 4.55. The molecule has 2 aliphatic rings. The largest absolute Gasteiger partial charge is 0.357 e. The second-order valence-electron chi connectivity index (χ2n) is 6.47. The van der Waals surface area contributed by atoms with Crippen LogP contribution in [0, 0.1) is 0 Å². The van der Waals surface area contributed by atoms with Crippen LogP contribution in [0.3, 0.4) is 0 Å². The number of carbonyl (C=O) groups excluding carboxylic acids is 2. The fourth-order valence-electron chi connectivity index (χ4n) is 2.86. The van der Waals surface area contributed by atoms with Crippen LogP contribution in [-0.4, -0.2) is 54.0 Å². The number of nitrogens with zero attached hydrogens (tertiary/aromatic N) is 2. The molecular formula is C17H30IN5O2. The van der Waals surface area contributed by atoms with E-state index >= 15 is 0 Å². The topological polar surface area (TPSA) is 85.8 Å². The lowest BCUT2D eigenvalue weighted by molar-refractivity contribution is -0.130. The molecule has 3 amide bonds. The van der Waals surface area contributed by atoms with Crippen molar-refractivity contribution in [3.05, 3.63) is 12.2 Å². The molecule has 0 bridgehead atoms. The lowest BCUT2D eigenvalue weighted by Crippen LogP contribution is -2.43. The minimum atomic E-state index is -0.758. The van der Waals surface area contributed by atoms with Gasteiger partial charge in [-0.25, -0.2) is 4.79 Å². The van der Waals surface area contributed by atoms with Crippen LogP contribution in [0.1, 0.15) is 46.5 Å². The number of nitrogens with one attached hydrogen (secondary N) is 3. The van der Waals surface area contributed by atoms with Gasteiger partial charge in [-0.3, -0.25) is 14.7 Å². The van der Waals surface area contributed by atoms with E-state index < -0.39 is 5.54 Å². The molecule has 1 aliphatic heterocycles. The van der Waals surface area contributed by atoms with Crippen LogP contribution in [0.2, 0.25) is 0 Å². The fraction of sp³-hybridized carbons (Fsp3) is 0.706. The van der Waals surface area contributed by atoms with Crippen molar-refractivity contribution in [1.82, 2.24) is 20.9 Å². The Hall–Kier alpha value is -1.32. The summed E-state index contributed by atoms with van der Waals surface area (Å²) < 4.78 is 0. The third kappa shape index (κ3) is 5.58. The number of urea groups is 1. The van der Waals surface area contributed by atoms with Gasteiger partial charge in [0.05, 0.1) is 0 Å². The molecule has 142 valence electrons. The molecule has 1 aliphatic carbocycles. The van der Waals surface area contributed by atoms with Crippen LogP contribution in [0.15, 0.2) is 17.1 Å². The average molecular weight is 463 g/mol. The summed E-state index contributed by atoms with van der Waals surface area (Å²) in [6, 6.07) is 0.106. The number of carbonyl (C=O) groups is 2. The molecule has 7 nitrogen and oxygen atoms in total. The van der Waals surface area contributed by atoms with Crippen molar-refractivity contribution >= 4 is 41.9 Å².